The molecule has 1 saturated heterocycles. The molecule has 4 rings (SSSR count). The van der Waals surface area contributed by atoms with Crippen LogP contribution in [0.5, 0.6) is 0 Å². The van der Waals surface area contributed by atoms with Gasteiger partial charge in [-0.25, -0.2) is 22.6 Å². The Morgan fingerprint density at radius 2 is 2.11 bits per heavy atom. The molecular formula is C24H26ClFN6O4S2. The van der Waals surface area contributed by atoms with Gasteiger partial charge in [-0.2, -0.15) is 9.40 Å². The Bertz CT molecular complexity index is 1420. The molecule has 0 spiro atoms. The summed E-state index contributed by atoms with van der Waals surface area (Å²) in [6.45, 7) is 6.03. The Morgan fingerprint density at radius 3 is 2.68 bits per heavy atom. The summed E-state index contributed by atoms with van der Waals surface area (Å²) in [4.78, 5) is 22.1. The summed E-state index contributed by atoms with van der Waals surface area (Å²) in [7, 11) is -2.47. The highest BCUT2D eigenvalue weighted by Crippen LogP contribution is 2.37. The number of carbonyl (C=O) groups is 1. The number of nitrogens with zero attached hydrogens (tertiary/aromatic N) is 4. The first-order chi connectivity index (χ1) is 18.2. The van der Waals surface area contributed by atoms with Crippen molar-refractivity contribution in [2.75, 3.05) is 20.2 Å². The van der Waals surface area contributed by atoms with Crippen LogP contribution in [-0.2, 0) is 19.6 Å². The van der Waals surface area contributed by atoms with Crippen LogP contribution in [0.1, 0.15) is 24.8 Å². The number of rotatable bonds is 8. The number of halogens is 2. The first-order valence-corrected chi connectivity index (χ1v) is 14.3. The summed E-state index contributed by atoms with van der Waals surface area (Å²) in [6, 6.07) is -1.05. The summed E-state index contributed by atoms with van der Waals surface area (Å²) >= 11 is 7.66. The van der Waals surface area contributed by atoms with E-state index in [1.54, 1.807) is 18.5 Å². The highest BCUT2D eigenvalue weighted by Gasteiger charge is 2.39. The van der Waals surface area contributed by atoms with E-state index in [1.807, 2.05) is 0 Å². The van der Waals surface area contributed by atoms with Crippen molar-refractivity contribution >= 4 is 44.8 Å². The molecule has 0 unspecified atom stereocenters. The highest BCUT2D eigenvalue weighted by atomic mass is 35.5. The second-order valence-corrected chi connectivity index (χ2v) is 11.7. The van der Waals surface area contributed by atoms with Gasteiger partial charge in [0.25, 0.3) is 0 Å². The molecule has 0 saturated carbocycles. The van der Waals surface area contributed by atoms with Crippen molar-refractivity contribution in [3.8, 4) is 0 Å². The molecular weight excluding hydrogens is 555 g/mol. The molecule has 0 bridgehead atoms. The Kier molecular flexibility index (Phi) is 8.61. The van der Waals surface area contributed by atoms with Crippen LogP contribution in [0.15, 0.2) is 80.3 Å². The van der Waals surface area contributed by atoms with E-state index in [2.05, 4.69) is 32.1 Å². The van der Waals surface area contributed by atoms with E-state index in [0.717, 1.165) is 0 Å². The first kappa shape index (κ1) is 27.9. The first-order valence-electron chi connectivity index (χ1n) is 11.6. The minimum absolute atomic E-state index is 0.0793. The van der Waals surface area contributed by atoms with Crippen molar-refractivity contribution < 1.29 is 22.3 Å². The number of sulfonamides is 1. The SMILES string of the molecule is C=C(/C(Cl)=C(F)\C=C/C)[C@H]1N=C(c2nccs2)NC(C2CCN(S(=O)(=O)c3cn[nH]c3)CC2)=C1C(=O)OC. The molecule has 2 aliphatic heterocycles. The van der Waals surface area contributed by atoms with E-state index in [1.165, 1.54) is 47.3 Å². The maximum absolute atomic E-state index is 14.6. The van der Waals surface area contributed by atoms with E-state index in [0.29, 0.717) is 29.4 Å². The molecule has 2 aromatic rings. The van der Waals surface area contributed by atoms with Crippen molar-refractivity contribution in [1.29, 1.82) is 0 Å². The zero-order valence-electron chi connectivity index (χ0n) is 20.6. The van der Waals surface area contributed by atoms with Crippen LogP contribution in [0.2, 0.25) is 0 Å². The van der Waals surface area contributed by atoms with Gasteiger partial charge in [0.05, 0.1) is 23.9 Å². The molecule has 38 heavy (non-hydrogen) atoms. The number of amidine groups is 1. The number of piperidine rings is 1. The lowest BCUT2D eigenvalue weighted by Gasteiger charge is -2.36. The normalized spacial score (nSPS) is 20.2. The van der Waals surface area contributed by atoms with E-state index < -0.39 is 27.9 Å². The number of nitrogens with one attached hydrogen (secondary N) is 2. The third kappa shape index (κ3) is 5.51. The van der Waals surface area contributed by atoms with Gasteiger partial charge in [0.15, 0.2) is 10.8 Å². The van der Waals surface area contributed by atoms with Gasteiger partial charge in [-0.1, -0.05) is 24.3 Å². The number of methoxy groups -OCH3 is 1. The van der Waals surface area contributed by atoms with Crippen molar-refractivity contribution in [3.05, 3.63) is 75.4 Å². The molecule has 2 aliphatic rings. The van der Waals surface area contributed by atoms with Gasteiger partial charge in [-0.05, 0) is 31.4 Å². The van der Waals surface area contributed by atoms with Crippen LogP contribution >= 0.6 is 22.9 Å². The smallest absolute Gasteiger partial charge is 0.338 e. The van der Waals surface area contributed by atoms with Gasteiger partial charge in [0.2, 0.25) is 10.0 Å². The third-order valence-corrected chi connectivity index (χ3v) is 9.29. The Morgan fingerprint density at radius 1 is 1.37 bits per heavy atom. The van der Waals surface area contributed by atoms with E-state index in [-0.39, 0.29) is 40.1 Å². The fourth-order valence-corrected chi connectivity index (χ4v) is 6.46. The monoisotopic (exact) mass is 580 g/mol. The number of aliphatic imine (C=N–C) groups is 1. The van der Waals surface area contributed by atoms with Gasteiger partial charge < -0.3 is 10.1 Å². The van der Waals surface area contributed by atoms with Crippen LogP contribution in [0.4, 0.5) is 4.39 Å². The second kappa shape index (κ2) is 11.7. The summed E-state index contributed by atoms with van der Waals surface area (Å²) in [6.07, 6.45) is 7.70. The maximum Gasteiger partial charge on any atom is 0.338 e. The number of ether oxygens (including phenoxy) is 1. The average molecular weight is 581 g/mol. The van der Waals surface area contributed by atoms with Crippen LogP contribution in [-0.4, -0.2) is 66.0 Å². The van der Waals surface area contributed by atoms with Gasteiger partial charge in [0.1, 0.15) is 16.8 Å². The number of thiazole rings is 1. The maximum atomic E-state index is 14.6. The van der Waals surface area contributed by atoms with E-state index >= 15 is 0 Å². The molecule has 202 valence electrons. The molecule has 14 heteroatoms. The topological polar surface area (TPSA) is 130 Å². The van der Waals surface area contributed by atoms with Gasteiger partial charge in [0, 0.05) is 42.5 Å². The molecule has 0 radical (unpaired) electrons. The van der Waals surface area contributed by atoms with Crippen molar-refractivity contribution in [1.82, 2.24) is 24.8 Å². The van der Waals surface area contributed by atoms with Gasteiger partial charge in [-0.3, -0.25) is 10.1 Å². The predicted octanol–water partition coefficient (Wildman–Crippen LogP) is 3.66. The third-order valence-electron chi connectivity index (χ3n) is 6.22. The Balaban J connectivity index is 1.73. The zero-order chi connectivity index (χ0) is 27.4. The van der Waals surface area contributed by atoms with Crippen molar-refractivity contribution in [2.24, 2.45) is 10.9 Å². The predicted molar refractivity (Wildman–Crippen MR) is 143 cm³/mol. The zero-order valence-corrected chi connectivity index (χ0v) is 23.0. The standard InChI is InChI=1S/C24H26ClFN6O4S2/c1-4-5-17(26)19(25)14(2)20-18(24(33)36-3)21(31-22(30-20)23-27-8-11-37-23)15-6-9-32(10-7-15)38(34,35)16-12-28-29-13-16/h4-5,8,11-13,15,20H,2,6-7,9-10H2,1,3H3,(H,28,29)(H,30,31)/b5-4-,19-17-/t20-/m1/s1. The minimum Gasteiger partial charge on any atom is -0.466 e. The van der Waals surface area contributed by atoms with Crippen LogP contribution in [0.25, 0.3) is 0 Å². The minimum atomic E-state index is -3.71. The van der Waals surface area contributed by atoms with Gasteiger partial charge >= 0.3 is 5.97 Å². The number of carbonyl (C=O) groups excluding carboxylic acids is 1. The quantitative estimate of drug-likeness (QED) is 0.360. The Hall–Kier alpha value is -3.13. The molecule has 10 nitrogen and oxygen atoms in total. The van der Waals surface area contributed by atoms with E-state index in [9.17, 15) is 17.6 Å². The fraction of sp³-hybridized carbons (Fsp3) is 0.333. The summed E-state index contributed by atoms with van der Waals surface area (Å²) < 4.78 is 47.0. The summed E-state index contributed by atoms with van der Waals surface area (Å²) in [5.41, 5.74) is 0.718. The lowest BCUT2D eigenvalue weighted by molar-refractivity contribution is -0.136. The number of allylic oxidation sites excluding steroid dienone is 4. The second-order valence-electron chi connectivity index (χ2n) is 8.46. The lowest BCUT2D eigenvalue weighted by Crippen LogP contribution is -2.44. The Labute approximate surface area is 228 Å². The molecule has 0 aliphatic carbocycles. The van der Waals surface area contributed by atoms with Crippen LogP contribution in [0.3, 0.4) is 0 Å². The largest absolute Gasteiger partial charge is 0.466 e. The average Bonchev–Trinajstić information content (AvgIpc) is 3.67. The van der Waals surface area contributed by atoms with Crippen molar-refractivity contribution in [3.63, 3.8) is 0 Å². The van der Waals surface area contributed by atoms with Crippen molar-refractivity contribution in [2.45, 2.75) is 30.7 Å². The van der Waals surface area contributed by atoms with Gasteiger partial charge in [-0.15, -0.1) is 11.3 Å². The molecule has 2 N–H and O–H groups in total. The molecule has 4 heterocycles. The fourth-order valence-electron chi connectivity index (χ4n) is 4.33. The number of esters is 1. The van der Waals surface area contributed by atoms with Crippen LogP contribution < -0.4 is 5.32 Å². The summed E-state index contributed by atoms with van der Waals surface area (Å²) in [5.74, 6) is -1.28. The molecule has 1 fully saturated rings. The summed E-state index contributed by atoms with van der Waals surface area (Å²) in [5, 5.41) is 11.6. The number of H-pyrrole nitrogens is 1. The lowest BCUT2D eigenvalue weighted by atomic mass is 9.86. The molecule has 2 aromatic heterocycles. The van der Waals surface area contributed by atoms with E-state index in [4.69, 9.17) is 16.3 Å². The number of hydrogen-bond acceptors (Lipinski definition) is 9. The highest BCUT2D eigenvalue weighted by molar-refractivity contribution is 7.89. The number of aromatic nitrogens is 3. The number of hydrogen-bond donors (Lipinski definition) is 2. The molecule has 0 amide bonds. The molecule has 1 atom stereocenters. The number of aromatic amines is 1. The molecule has 0 aromatic carbocycles. The van der Waals surface area contributed by atoms with Crippen LogP contribution in [0, 0.1) is 5.92 Å².